The molecule has 0 radical (unpaired) electrons. The van der Waals surface area contributed by atoms with Crippen LogP contribution < -0.4 is 19.7 Å². The number of anilines is 1. The molecule has 11 nitrogen and oxygen atoms in total. The normalized spacial score (nSPS) is 20.7. The molecular weight excluding hydrogens is 506 g/mol. The molecule has 3 atom stereocenters. The smallest absolute Gasteiger partial charge is 0.294 e. The van der Waals surface area contributed by atoms with E-state index in [2.05, 4.69) is 27.2 Å². The largest absolute Gasteiger partial charge is 0.497 e. The molecule has 1 saturated heterocycles. The minimum atomic E-state index is -0.780. The van der Waals surface area contributed by atoms with Crippen molar-refractivity contribution in [2.24, 2.45) is 0 Å². The van der Waals surface area contributed by atoms with Gasteiger partial charge in [0.05, 0.1) is 44.8 Å². The lowest BCUT2D eigenvalue weighted by molar-refractivity contribution is -0.757. The average Bonchev–Trinajstić information content (AvgIpc) is 2.96. The van der Waals surface area contributed by atoms with Crippen LogP contribution in [0.5, 0.6) is 11.5 Å². The molecule has 2 aliphatic heterocycles. The molecule has 2 heterocycles. The Morgan fingerprint density at radius 2 is 1.82 bits per heavy atom. The van der Waals surface area contributed by atoms with Crippen LogP contribution in [-0.2, 0) is 25.7 Å². The highest BCUT2D eigenvalue weighted by molar-refractivity contribution is 5.61. The third kappa shape index (κ3) is 8.18. The molecule has 0 unspecified atom stereocenters. The first-order valence-corrected chi connectivity index (χ1v) is 13.4. The lowest BCUT2D eigenvalue weighted by Crippen LogP contribution is -2.50. The highest BCUT2D eigenvalue weighted by Gasteiger charge is 2.36. The second-order valence-corrected chi connectivity index (χ2v) is 9.61. The van der Waals surface area contributed by atoms with E-state index in [4.69, 9.17) is 23.7 Å². The Morgan fingerprint density at radius 3 is 2.56 bits per heavy atom. The van der Waals surface area contributed by atoms with Gasteiger partial charge in [-0.15, -0.1) is 10.1 Å². The minimum Gasteiger partial charge on any atom is -0.497 e. The van der Waals surface area contributed by atoms with Gasteiger partial charge in [-0.1, -0.05) is 18.2 Å². The van der Waals surface area contributed by atoms with Crippen LogP contribution in [-0.4, -0.2) is 84.1 Å². The fraction of sp³-hybridized carbons (Fsp3) is 0.571. The fourth-order valence-corrected chi connectivity index (χ4v) is 5.12. The Labute approximate surface area is 229 Å². The van der Waals surface area contributed by atoms with Gasteiger partial charge in [0.2, 0.25) is 0 Å². The SMILES string of the molecule is COCCCN1CCOc2ccc(CO[C@H]3CNC[C@@H](OCCCO[N+](=O)[O-])[C@@H]3c3ccc(OC)cc3)cc21. The highest BCUT2D eigenvalue weighted by atomic mass is 16.9. The van der Waals surface area contributed by atoms with Gasteiger partial charge >= 0.3 is 0 Å². The van der Waals surface area contributed by atoms with Crippen molar-refractivity contribution in [3.8, 4) is 11.5 Å². The predicted octanol–water partition coefficient (Wildman–Crippen LogP) is 3.19. The third-order valence-corrected chi connectivity index (χ3v) is 7.03. The maximum absolute atomic E-state index is 10.4. The Balaban J connectivity index is 1.44. The molecule has 2 aromatic rings. The van der Waals surface area contributed by atoms with Crippen molar-refractivity contribution in [1.29, 1.82) is 0 Å². The lowest BCUT2D eigenvalue weighted by Gasteiger charge is -2.39. The molecule has 1 N–H and O–H groups in total. The van der Waals surface area contributed by atoms with Crippen LogP contribution in [0.1, 0.15) is 29.9 Å². The van der Waals surface area contributed by atoms with E-state index in [1.54, 1.807) is 14.2 Å². The Kier molecular flexibility index (Phi) is 11.0. The maximum Gasteiger partial charge on any atom is 0.294 e. The number of nitrogens with one attached hydrogen (secondary N) is 1. The number of hydrogen-bond donors (Lipinski definition) is 1. The summed E-state index contributed by atoms with van der Waals surface area (Å²) in [5.41, 5.74) is 3.26. The molecule has 0 spiro atoms. The van der Waals surface area contributed by atoms with Gasteiger partial charge in [-0.2, -0.15) is 0 Å². The monoisotopic (exact) mass is 545 g/mol. The summed E-state index contributed by atoms with van der Waals surface area (Å²) in [4.78, 5) is 17.2. The number of rotatable bonds is 15. The topological polar surface area (TPSA) is 114 Å². The third-order valence-electron chi connectivity index (χ3n) is 7.03. The number of methoxy groups -OCH3 is 2. The number of benzene rings is 2. The van der Waals surface area contributed by atoms with Gasteiger partial charge in [-0.05, 0) is 48.2 Å². The summed E-state index contributed by atoms with van der Waals surface area (Å²) < 4.78 is 29.2. The van der Waals surface area contributed by atoms with Crippen LogP contribution in [0.3, 0.4) is 0 Å². The van der Waals surface area contributed by atoms with E-state index in [1.165, 1.54) is 0 Å². The molecule has 0 amide bonds. The second kappa shape index (κ2) is 14.9. The van der Waals surface area contributed by atoms with Crippen molar-refractivity contribution in [1.82, 2.24) is 5.32 Å². The van der Waals surface area contributed by atoms with Crippen LogP contribution in [0.2, 0.25) is 0 Å². The number of nitrogens with zero attached hydrogens (tertiary/aromatic N) is 2. The molecule has 0 bridgehead atoms. The van der Waals surface area contributed by atoms with Gasteiger partial charge in [0, 0.05) is 45.9 Å². The van der Waals surface area contributed by atoms with E-state index >= 15 is 0 Å². The van der Waals surface area contributed by atoms with E-state index < -0.39 is 5.09 Å². The van der Waals surface area contributed by atoms with Gasteiger partial charge < -0.3 is 38.7 Å². The quantitative estimate of drug-likeness (QED) is 0.203. The molecule has 0 aromatic heterocycles. The second-order valence-electron chi connectivity index (χ2n) is 9.61. The van der Waals surface area contributed by atoms with Gasteiger partial charge in [0.1, 0.15) is 18.1 Å². The number of ether oxygens (including phenoxy) is 5. The molecule has 0 aliphatic carbocycles. The van der Waals surface area contributed by atoms with Gasteiger partial charge in [0.15, 0.2) is 0 Å². The summed E-state index contributed by atoms with van der Waals surface area (Å²) in [7, 11) is 3.37. The Hall–Kier alpha value is -3.12. The van der Waals surface area contributed by atoms with Crippen molar-refractivity contribution in [2.45, 2.75) is 37.6 Å². The van der Waals surface area contributed by atoms with E-state index in [9.17, 15) is 10.1 Å². The lowest BCUT2D eigenvalue weighted by atomic mass is 9.85. The highest BCUT2D eigenvalue weighted by Crippen LogP contribution is 2.35. The Bertz CT molecular complexity index is 1040. The van der Waals surface area contributed by atoms with Crippen molar-refractivity contribution < 1.29 is 33.6 Å². The predicted molar refractivity (Wildman–Crippen MR) is 145 cm³/mol. The molecule has 11 heteroatoms. The summed E-state index contributed by atoms with van der Waals surface area (Å²) in [5, 5.41) is 13.1. The zero-order valence-corrected chi connectivity index (χ0v) is 22.7. The van der Waals surface area contributed by atoms with Crippen LogP contribution >= 0.6 is 0 Å². The van der Waals surface area contributed by atoms with E-state index in [0.717, 1.165) is 54.4 Å². The minimum absolute atomic E-state index is 0.00477. The van der Waals surface area contributed by atoms with Gasteiger partial charge in [0.25, 0.3) is 5.09 Å². The molecule has 2 aromatic carbocycles. The van der Waals surface area contributed by atoms with Gasteiger partial charge in [-0.25, -0.2) is 0 Å². The zero-order valence-electron chi connectivity index (χ0n) is 22.7. The van der Waals surface area contributed by atoms with Crippen molar-refractivity contribution in [3.63, 3.8) is 0 Å². The summed E-state index contributed by atoms with van der Waals surface area (Å²) in [5.74, 6) is 1.65. The van der Waals surface area contributed by atoms with Crippen LogP contribution in [0.4, 0.5) is 5.69 Å². The first-order valence-electron chi connectivity index (χ1n) is 13.4. The van der Waals surface area contributed by atoms with E-state index in [0.29, 0.717) is 39.3 Å². The molecule has 2 aliphatic rings. The first kappa shape index (κ1) is 28.9. The molecule has 0 saturated carbocycles. The van der Waals surface area contributed by atoms with E-state index in [1.807, 2.05) is 30.3 Å². The van der Waals surface area contributed by atoms with E-state index in [-0.39, 0.29) is 24.7 Å². The maximum atomic E-state index is 10.4. The summed E-state index contributed by atoms with van der Waals surface area (Å²) in [6, 6.07) is 14.2. The molecular formula is C28H39N3O8. The number of hydrogen-bond acceptors (Lipinski definition) is 10. The van der Waals surface area contributed by atoms with Crippen LogP contribution in [0.25, 0.3) is 0 Å². The number of fused-ring (bicyclic) bond motifs is 1. The zero-order chi connectivity index (χ0) is 27.5. The molecule has 4 rings (SSSR count). The summed E-state index contributed by atoms with van der Waals surface area (Å²) in [6.07, 6.45) is 1.07. The molecule has 214 valence electrons. The molecule has 39 heavy (non-hydrogen) atoms. The van der Waals surface area contributed by atoms with Crippen molar-refractivity contribution in [3.05, 3.63) is 63.7 Å². The van der Waals surface area contributed by atoms with Crippen LogP contribution in [0.15, 0.2) is 42.5 Å². The number of piperidine rings is 1. The standard InChI is InChI=1S/C28H39N3O8/c1-34-13-3-11-30-12-16-37-25-10-5-21(17-24(25)30)20-38-27-19-29-18-26(36-14-4-15-39-31(32)33)28(27)22-6-8-23(35-2)9-7-22/h5-10,17,26-29H,3-4,11-16,18-20H2,1-2H3/t26-,27+,28+/m1/s1. The Morgan fingerprint density at radius 1 is 1.03 bits per heavy atom. The molecule has 1 fully saturated rings. The fourth-order valence-electron chi connectivity index (χ4n) is 5.12. The van der Waals surface area contributed by atoms with Gasteiger partial charge in [-0.3, -0.25) is 0 Å². The first-order chi connectivity index (χ1) is 19.1. The summed E-state index contributed by atoms with van der Waals surface area (Å²) >= 11 is 0. The average molecular weight is 546 g/mol. The van der Waals surface area contributed by atoms with Crippen molar-refractivity contribution in [2.75, 3.05) is 71.7 Å². The van der Waals surface area contributed by atoms with Crippen molar-refractivity contribution >= 4 is 5.69 Å². The summed E-state index contributed by atoms with van der Waals surface area (Å²) in [6.45, 7) is 5.29. The van der Waals surface area contributed by atoms with Crippen LogP contribution in [0, 0.1) is 10.1 Å².